The predicted molar refractivity (Wildman–Crippen MR) is 92.8 cm³/mol. The number of methoxy groups -OCH3 is 2. The van der Waals surface area contributed by atoms with Crippen molar-refractivity contribution in [3.63, 3.8) is 0 Å². The molecule has 2 heterocycles. The Hall–Kier alpha value is -2.60. The second-order valence-electron chi connectivity index (χ2n) is 6.17. The number of hydrogen-bond acceptors (Lipinski definition) is 3. The Kier molecular flexibility index (Phi) is 5.50. The van der Waals surface area contributed by atoms with Crippen molar-refractivity contribution < 1.29 is 24.2 Å². The van der Waals surface area contributed by atoms with E-state index >= 15 is 0 Å². The number of aromatic nitrogens is 1. The van der Waals surface area contributed by atoms with Crippen molar-refractivity contribution >= 4 is 5.91 Å². The number of hydrogen-bond donors (Lipinski definition) is 1. The number of benzene rings is 1. The minimum atomic E-state index is 0.00263. The number of nitrogens with zero attached hydrogens (tertiary/aromatic N) is 1. The van der Waals surface area contributed by atoms with Crippen molar-refractivity contribution in [1.82, 2.24) is 4.90 Å². The van der Waals surface area contributed by atoms with Gasteiger partial charge in [0.2, 0.25) is 0 Å². The van der Waals surface area contributed by atoms with Crippen LogP contribution < -0.4 is 19.4 Å². The van der Waals surface area contributed by atoms with E-state index in [0.29, 0.717) is 17.1 Å². The van der Waals surface area contributed by atoms with Crippen LogP contribution in [-0.4, -0.2) is 51.2 Å². The van der Waals surface area contributed by atoms with E-state index < -0.39 is 0 Å². The zero-order valence-electron chi connectivity index (χ0n) is 14.7. The second-order valence-corrected chi connectivity index (χ2v) is 6.17. The lowest BCUT2D eigenvalue weighted by atomic mass is 10.1. The van der Waals surface area contributed by atoms with Gasteiger partial charge in [-0.2, -0.15) is 0 Å². The molecule has 25 heavy (non-hydrogen) atoms. The van der Waals surface area contributed by atoms with Crippen LogP contribution in [0.4, 0.5) is 0 Å². The van der Waals surface area contributed by atoms with Gasteiger partial charge in [-0.3, -0.25) is 4.79 Å². The lowest BCUT2D eigenvalue weighted by Crippen LogP contribution is -3.13. The highest BCUT2D eigenvalue weighted by Gasteiger charge is 2.27. The van der Waals surface area contributed by atoms with Crippen molar-refractivity contribution in [3.8, 4) is 11.5 Å². The first-order valence-corrected chi connectivity index (χ1v) is 8.51. The number of pyridine rings is 1. The van der Waals surface area contributed by atoms with Crippen molar-refractivity contribution in [3.05, 3.63) is 53.9 Å². The summed E-state index contributed by atoms with van der Waals surface area (Å²) in [6, 6.07) is 9.56. The van der Waals surface area contributed by atoms with Gasteiger partial charge in [-0.1, -0.05) is 6.07 Å². The van der Waals surface area contributed by atoms with Gasteiger partial charge in [-0.05, 0) is 18.2 Å². The Bertz CT molecular complexity index is 713. The molecule has 2 N–H and O–H groups in total. The maximum Gasteiger partial charge on any atom is 0.258 e. The predicted octanol–water partition coefficient (Wildman–Crippen LogP) is 0.0588. The number of quaternary nitrogens is 1. The smallest absolute Gasteiger partial charge is 0.258 e. The van der Waals surface area contributed by atoms with Gasteiger partial charge >= 0.3 is 0 Å². The van der Waals surface area contributed by atoms with E-state index in [2.05, 4.69) is 11.1 Å². The summed E-state index contributed by atoms with van der Waals surface area (Å²) in [5.41, 5.74) is 1.84. The van der Waals surface area contributed by atoms with Crippen LogP contribution in [0.15, 0.2) is 42.7 Å². The Morgan fingerprint density at radius 3 is 2.60 bits per heavy atom. The monoisotopic (exact) mass is 343 g/mol. The molecule has 2 aromatic rings. The molecular formula is C19H25N3O3+2. The van der Waals surface area contributed by atoms with Crippen LogP contribution in [0.5, 0.6) is 11.5 Å². The fraction of sp³-hybridized carbons (Fsp3) is 0.368. The number of nitrogens with one attached hydrogen (secondary N) is 2. The van der Waals surface area contributed by atoms with Crippen molar-refractivity contribution in [1.29, 1.82) is 0 Å². The molecule has 0 aliphatic carbocycles. The molecule has 1 saturated heterocycles. The molecule has 0 unspecified atom stereocenters. The zero-order chi connectivity index (χ0) is 17.6. The molecule has 0 radical (unpaired) electrons. The number of para-hydroxylation sites is 1. The third-order valence-corrected chi connectivity index (χ3v) is 4.62. The van der Waals surface area contributed by atoms with Crippen LogP contribution in [0.1, 0.15) is 15.9 Å². The molecule has 0 spiro atoms. The van der Waals surface area contributed by atoms with Crippen LogP contribution in [-0.2, 0) is 6.54 Å². The van der Waals surface area contributed by atoms with Gasteiger partial charge < -0.3 is 19.3 Å². The van der Waals surface area contributed by atoms with Gasteiger partial charge in [-0.25, -0.2) is 4.98 Å². The molecule has 0 bridgehead atoms. The highest BCUT2D eigenvalue weighted by molar-refractivity contribution is 5.97. The van der Waals surface area contributed by atoms with E-state index in [4.69, 9.17) is 9.47 Å². The van der Waals surface area contributed by atoms with E-state index in [1.807, 2.05) is 29.4 Å². The van der Waals surface area contributed by atoms with Gasteiger partial charge in [0.25, 0.3) is 5.91 Å². The number of carbonyl (C=O) groups is 1. The van der Waals surface area contributed by atoms with Gasteiger partial charge in [0.05, 0.1) is 51.5 Å². The topological polar surface area (TPSA) is 57.3 Å². The molecular weight excluding hydrogens is 318 g/mol. The molecule has 1 aromatic carbocycles. The molecule has 0 atom stereocenters. The lowest BCUT2D eigenvalue weighted by Gasteiger charge is -2.32. The third-order valence-electron chi connectivity index (χ3n) is 4.62. The van der Waals surface area contributed by atoms with Crippen LogP contribution in [0.3, 0.4) is 0 Å². The van der Waals surface area contributed by atoms with Crippen molar-refractivity contribution in [2.75, 3.05) is 40.4 Å². The van der Waals surface area contributed by atoms with Crippen LogP contribution in [0.25, 0.3) is 0 Å². The van der Waals surface area contributed by atoms with Crippen LogP contribution in [0, 0.1) is 0 Å². The van der Waals surface area contributed by atoms with Gasteiger partial charge in [0.1, 0.15) is 6.54 Å². The molecule has 1 aliphatic rings. The van der Waals surface area contributed by atoms with E-state index in [9.17, 15) is 4.79 Å². The van der Waals surface area contributed by atoms with Gasteiger partial charge in [-0.15, -0.1) is 0 Å². The van der Waals surface area contributed by atoms with Crippen molar-refractivity contribution in [2.45, 2.75) is 6.54 Å². The van der Waals surface area contributed by atoms with E-state index in [0.717, 1.165) is 32.7 Å². The number of ether oxygens (including phenoxy) is 2. The van der Waals surface area contributed by atoms with Crippen molar-refractivity contribution in [2.24, 2.45) is 0 Å². The number of aromatic amines is 1. The third kappa shape index (κ3) is 3.91. The maximum absolute atomic E-state index is 12.9. The largest absolute Gasteiger partial charge is 0.493 e. The number of carbonyl (C=O) groups excluding carboxylic acids is 1. The molecule has 1 fully saturated rings. The molecule has 1 aromatic heterocycles. The molecule has 1 aliphatic heterocycles. The van der Waals surface area contributed by atoms with Crippen LogP contribution in [0.2, 0.25) is 0 Å². The van der Waals surface area contributed by atoms with Gasteiger partial charge in [0, 0.05) is 6.07 Å². The zero-order valence-corrected chi connectivity index (χ0v) is 14.7. The van der Waals surface area contributed by atoms with Crippen LogP contribution >= 0.6 is 0 Å². The first kappa shape index (κ1) is 17.2. The summed E-state index contributed by atoms with van der Waals surface area (Å²) < 4.78 is 10.7. The summed E-state index contributed by atoms with van der Waals surface area (Å²) in [6.07, 6.45) is 3.95. The lowest BCUT2D eigenvalue weighted by molar-refractivity contribution is -0.917. The fourth-order valence-corrected chi connectivity index (χ4v) is 3.26. The van der Waals surface area contributed by atoms with Gasteiger partial charge in [0.15, 0.2) is 23.9 Å². The minimum Gasteiger partial charge on any atom is -0.493 e. The molecule has 1 amide bonds. The van der Waals surface area contributed by atoms with E-state index in [1.54, 1.807) is 26.4 Å². The normalized spacial score (nSPS) is 15.0. The Morgan fingerprint density at radius 1 is 1.16 bits per heavy atom. The number of H-pyrrole nitrogens is 1. The highest BCUT2D eigenvalue weighted by atomic mass is 16.5. The number of amides is 1. The van der Waals surface area contributed by atoms with E-state index in [1.165, 1.54) is 10.5 Å². The SMILES string of the molecule is COc1cccc(C(=O)N2CC[NH+](Cc3ccc[nH+]c3)CC2)c1OC. The number of rotatable bonds is 5. The summed E-state index contributed by atoms with van der Waals surface area (Å²) in [4.78, 5) is 19.4. The average Bonchev–Trinajstić information content (AvgIpc) is 2.68. The Balaban J connectivity index is 1.64. The molecule has 0 saturated carbocycles. The molecule has 6 heteroatoms. The van der Waals surface area contributed by atoms with E-state index in [-0.39, 0.29) is 5.91 Å². The summed E-state index contributed by atoms with van der Waals surface area (Å²) in [7, 11) is 3.14. The highest BCUT2D eigenvalue weighted by Crippen LogP contribution is 2.31. The fourth-order valence-electron chi connectivity index (χ4n) is 3.26. The first-order chi connectivity index (χ1) is 12.2. The summed E-state index contributed by atoms with van der Waals surface area (Å²) >= 11 is 0. The quantitative estimate of drug-likeness (QED) is 0.835. The summed E-state index contributed by atoms with van der Waals surface area (Å²) in [6.45, 7) is 4.33. The summed E-state index contributed by atoms with van der Waals surface area (Å²) in [5, 5.41) is 0. The molecule has 6 nitrogen and oxygen atoms in total. The molecule has 132 valence electrons. The average molecular weight is 343 g/mol. The minimum absolute atomic E-state index is 0.00263. The molecule has 3 rings (SSSR count). The second kappa shape index (κ2) is 7.98. The summed E-state index contributed by atoms with van der Waals surface area (Å²) in [5.74, 6) is 1.09. The Morgan fingerprint density at radius 2 is 1.96 bits per heavy atom. The number of piperazine rings is 1. The Labute approximate surface area is 148 Å². The standard InChI is InChI=1S/C19H23N3O3/c1-24-17-7-3-6-16(18(17)25-2)19(23)22-11-9-21(10-12-22)14-15-5-4-8-20-13-15/h3-8,13H,9-12,14H2,1-2H3/p+2. The maximum atomic E-state index is 12.9. The first-order valence-electron chi connectivity index (χ1n) is 8.51.